The van der Waals surface area contributed by atoms with Crippen LogP contribution in [-0.4, -0.2) is 25.7 Å². The molecule has 0 saturated heterocycles. The summed E-state index contributed by atoms with van der Waals surface area (Å²) in [5.74, 6) is -1.38. The van der Waals surface area contributed by atoms with Crippen LogP contribution >= 0.6 is 23.2 Å². The Kier molecular flexibility index (Phi) is 2.17. The number of carboxylic acid groups (broad SMARTS) is 1. The van der Waals surface area contributed by atoms with E-state index >= 15 is 0 Å². The first-order chi connectivity index (χ1) is 7.00. The number of aromatic carboxylic acids is 1. The van der Waals surface area contributed by atoms with Gasteiger partial charge in [-0.15, -0.1) is 5.10 Å². The molecule has 0 aliphatic heterocycles. The third kappa shape index (κ3) is 1.47. The largest absolute Gasteiger partial charge is 0.477 e. The number of nitrogens with two attached hydrogens (primary N) is 1. The zero-order valence-corrected chi connectivity index (χ0v) is 8.62. The molecule has 0 radical (unpaired) electrons. The maximum atomic E-state index is 10.9. The first-order valence-electron chi connectivity index (χ1n) is 3.74. The number of nitrogens with zero attached hydrogens (tertiary/aromatic N) is 3. The number of carbonyl (C=O) groups is 1. The molecule has 0 aromatic carbocycles. The second-order valence-electron chi connectivity index (χ2n) is 2.70. The van der Waals surface area contributed by atoms with Gasteiger partial charge in [0.05, 0.1) is 0 Å². The van der Waals surface area contributed by atoms with Crippen molar-refractivity contribution in [2.75, 3.05) is 5.73 Å². The summed E-state index contributed by atoms with van der Waals surface area (Å²) < 4.78 is 1.12. The van der Waals surface area contributed by atoms with E-state index in [0.29, 0.717) is 0 Å². The number of anilines is 1. The van der Waals surface area contributed by atoms with E-state index in [0.717, 1.165) is 4.52 Å². The molecule has 15 heavy (non-hydrogen) atoms. The lowest BCUT2D eigenvalue weighted by atomic mass is 10.3. The standard InChI is InChI=1S/C7H4Cl2N4O2/c8-2-1-3(9)13-6(11-2)4(7(14)15)5(10)12-13/h1H,(H2,10,12)(H,14,15). The molecule has 6 nitrogen and oxygen atoms in total. The molecule has 78 valence electrons. The number of halogens is 2. The molecule has 0 aliphatic rings. The van der Waals surface area contributed by atoms with Gasteiger partial charge in [-0.05, 0) is 0 Å². The zero-order valence-electron chi connectivity index (χ0n) is 7.11. The Morgan fingerprint density at radius 3 is 2.80 bits per heavy atom. The van der Waals surface area contributed by atoms with Gasteiger partial charge in [0.25, 0.3) is 0 Å². The smallest absolute Gasteiger partial charge is 0.343 e. The molecule has 0 atom stereocenters. The fraction of sp³-hybridized carbons (Fsp3) is 0. The highest BCUT2D eigenvalue weighted by atomic mass is 35.5. The van der Waals surface area contributed by atoms with E-state index < -0.39 is 5.97 Å². The Morgan fingerprint density at radius 1 is 1.53 bits per heavy atom. The van der Waals surface area contributed by atoms with Crippen LogP contribution in [-0.2, 0) is 0 Å². The molecule has 0 unspecified atom stereocenters. The number of aromatic nitrogens is 3. The Labute approximate surface area is 93.2 Å². The van der Waals surface area contributed by atoms with E-state index in [1.807, 2.05) is 0 Å². The average Bonchev–Trinajstić information content (AvgIpc) is 2.41. The Bertz CT molecular complexity index is 566. The van der Waals surface area contributed by atoms with E-state index in [2.05, 4.69) is 10.1 Å². The topological polar surface area (TPSA) is 93.5 Å². The van der Waals surface area contributed by atoms with Crippen LogP contribution in [0.3, 0.4) is 0 Å². The summed E-state index contributed by atoms with van der Waals surface area (Å²) in [7, 11) is 0. The molecule has 8 heteroatoms. The Balaban J connectivity index is 2.93. The van der Waals surface area contributed by atoms with Crippen LogP contribution in [0, 0.1) is 0 Å². The number of hydrogen-bond acceptors (Lipinski definition) is 4. The van der Waals surface area contributed by atoms with Crippen LogP contribution in [0.1, 0.15) is 10.4 Å². The first kappa shape index (κ1) is 10.0. The van der Waals surface area contributed by atoms with E-state index in [1.54, 1.807) is 0 Å². The number of hydrogen-bond donors (Lipinski definition) is 2. The zero-order chi connectivity index (χ0) is 11.2. The molecule has 0 spiro atoms. The number of fused-ring (bicyclic) bond motifs is 1. The molecule has 3 N–H and O–H groups in total. The number of nitrogen functional groups attached to an aromatic ring is 1. The highest BCUT2D eigenvalue weighted by Crippen LogP contribution is 2.22. The maximum absolute atomic E-state index is 10.9. The highest BCUT2D eigenvalue weighted by Gasteiger charge is 2.20. The Hall–Kier alpha value is -1.53. The molecule has 2 aromatic heterocycles. The van der Waals surface area contributed by atoms with Gasteiger partial charge >= 0.3 is 5.97 Å². The fourth-order valence-corrected chi connectivity index (χ4v) is 1.64. The van der Waals surface area contributed by atoms with Gasteiger partial charge in [0, 0.05) is 6.07 Å². The predicted octanol–water partition coefficient (Wildman–Crippen LogP) is 1.32. The number of carboxylic acids is 1. The molecule has 0 amide bonds. The van der Waals surface area contributed by atoms with Crippen LogP contribution in [0.5, 0.6) is 0 Å². The van der Waals surface area contributed by atoms with Gasteiger partial charge in [0.1, 0.15) is 15.9 Å². The number of rotatable bonds is 1. The van der Waals surface area contributed by atoms with Gasteiger partial charge in [0.15, 0.2) is 11.5 Å². The van der Waals surface area contributed by atoms with Crippen molar-refractivity contribution < 1.29 is 9.90 Å². The van der Waals surface area contributed by atoms with E-state index in [9.17, 15) is 4.79 Å². The molecule has 0 saturated carbocycles. The molecule has 2 aromatic rings. The van der Waals surface area contributed by atoms with Crippen molar-refractivity contribution in [2.24, 2.45) is 0 Å². The SMILES string of the molecule is Nc1nn2c(Cl)cc(Cl)nc2c1C(=O)O. The predicted molar refractivity (Wildman–Crippen MR) is 54.4 cm³/mol. The quantitative estimate of drug-likeness (QED) is 0.741. The van der Waals surface area contributed by atoms with Gasteiger partial charge in [0.2, 0.25) is 0 Å². The van der Waals surface area contributed by atoms with Crippen molar-refractivity contribution in [3.63, 3.8) is 0 Å². The van der Waals surface area contributed by atoms with E-state index in [4.69, 9.17) is 34.0 Å². The van der Waals surface area contributed by atoms with Gasteiger partial charge < -0.3 is 10.8 Å². The second-order valence-corrected chi connectivity index (χ2v) is 3.48. The monoisotopic (exact) mass is 246 g/mol. The molecule has 0 aliphatic carbocycles. The van der Waals surface area contributed by atoms with Crippen molar-refractivity contribution in [3.05, 3.63) is 21.9 Å². The molecule has 2 rings (SSSR count). The minimum Gasteiger partial charge on any atom is -0.477 e. The van der Waals surface area contributed by atoms with Crippen molar-refractivity contribution in [2.45, 2.75) is 0 Å². The summed E-state index contributed by atoms with van der Waals surface area (Å²) in [5.41, 5.74) is 5.24. The van der Waals surface area contributed by atoms with Crippen molar-refractivity contribution in [3.8, 4) is 0 Å². The molecule has 0 bridgehead atoms. The minimum absolute atomic E-state index is 0.0255. The van der Waals surface area contributed by atoms with E-state index in [1.165, 1.54) is 6.07 Å². The van der Waals surface area contributed by atoms with Crippen molar-refractivity contribution >= 4 is 40.6 Å². The van der Waals surface area contributed by atoms with Gasteiger partial charge in [-0.3, -0.25) is 0 Å². The minimum atomic E-state index is -1.23. The van der Waals surface area contributed by atoms with Crippen LogP contribution in [0.15, 0.2) is 6.07 Å². The van der Waals surface area contributed by atoms with Crippen LogP contribution in [0.25, 0.3) is 5.65 Å². The normalized spacial score (nSPS) is 10.8. The lowest BCUT2D eigenvalue weighted by molar-refractivity contribution is 0.0700. The summed E-state index contributed by atoms with van der Waals surface area (Å²) in [5, 5.41) is 12.8. The van der Waals surface area contributed by atoms with Crippen molar-refractivity contribution in [1.82, 2.24) is 14.6 Å². The third-order valence-corrected chi connectivity index (χ3v) is 2.22. The average molecular weight is 247 g/mol. The summed E-state index contributed by atoms with van der Waals surface area (Å²) in [6.45, 7) is 0. The molecule has 2 heterocycles. The maximum Gasteiger partial charge on any atom is 0.343 e. The fourth-order valence-electron chi connectivity index (χ4n) is 1.18. The Morgan fingerprint density at radius 2 is 2.20 bits per heavy atom. The molecule has 0 fully saturated rings. The van der Waals surface area contributed by atoms with Crippen LogP contribution in [0.2, 0.25) is 10.3 Å². The van der Waals surface area contributed by atoms with E-state index in [-0.39, 0.29) is 27.3 Å². The lowest BCUT2D eigenvalue weighted by Gasteiger charge is -1.96. The first-order valence-corrected chi connectivity index (χ1v) is 4.50. The second kappa shape index (κ2) is 3.25. The highest BCUT2D eigenvalue weighted by molar-refractivity contribution is 6.33. The van der Waals surface area contributed by atoms with Crippen LogP contribution < -0.4 is 5.73 Å². The summed E-state index contributed by atoms with van der Waals surface area (Å²) in [6, 6.07) is 1.34. The summed E-state index contributed by atoms with van der Waals surface area (Å²) in [6.07, 6.45) is 0. The summed E-state index contributed by atoms with van der Waals surface area (Å²) >= 11 is 11.4. The molecular weight excluding hydrogens is 243 g/mol. The lowest BCUT2D eigenvalue weighted by Crippen LogP contribution is -2.01. The summed E-state index contributed by atoms with van der Waals surface area (Å²) in [4.78, 5) is 14.7. The van der Waals surface area contributed by atoms with Gasteiger partial charge in [-0.25, -0.2) is 14.3 Å². The third-order valence-electron chi connectivity index (χ3n) is 1.76. The van der Waals surface area contributed by atoms with Gasteiger partial charge in [-0.2, -0.15) is 0 Å². The molecular formula is C7H4Cl2N4O2. The van der Waals surface area contributed by atoms with Crippen molar-refractivity contribution in [1.29, 1.82) is 0 Å². The van der Waals surface area contributed by atoms with Crippen LogP contribution in [0.4, 0.5) is 5.82 Å². The van der Waals surface area contributed by atoms with Gasteiger partial charge in [-0.1, -0.05) is 23.2 Å².